The lowest BCUT2D eigenvalue weighted by atomic mass is 9.99. The lowest BCUT2D eigenvalue weighted by Gasteiger charge is -2.18. The Kier molecular flexibility index (Phi) is 51.0. The van der Waals surface area contributed by atoms with Crippen LogP contribution in [0.25, 0.3) is 0 Å². The Labute approximate surface area is 418 Å². The molecular weight excluding hydrogens is 829 g/mol. The summed E-state index contributed by atoms with van der Waals surface area (Å²) < 4.78 is 16.9. The zero-order valence-electron chi connectivity index (χ0n) is 46.2. The maximum absolute atomic E-state index is 12.9. The van der Waals surface area contributed by atoms with Gasteiger partial charge in [0.25, 0.3) is 0 Å². The number of ether oxygens (including phenoxy) is 3. The van der Waals surface area contributed by atoms with Gasteiger partial charge in [0.1, 0.15) is 13.2 Å². The molecule has 2 unspecified atom stereocenters. The minimum Gasteiger partial charge on any atom is -0.462 e. The van der Waals surface area contributed by atoms with Crippen molar-refractivity contribution in [1.82, 2.24) is 0 Å². The van der Waals surface area contributed by atoms with E-state index in [-0.39, 0.29) is 31.1 Å². The highest BCUT2D eigenvalue weighted by Gasteiger charge is 2.19. The van der Waals surface area contributed by atoms with Crippen molar-refractivity contribution in [2.75, 3.05) is 13.2 Å². The first kappa shape index (κ1) is 65.4. The fourth-order valence-electron chi connectivity index (χ4n) is 9.29. The second-order valence-corrected chi connectivity index (χ2v) is 21.9. The SMILES string of the molecule is CCC(C)CCCCCCCCCCCCCCCCCCCCC(=O)OC[C@H](COC(=O)CCCCCCCCCCC(C)CC)OC(=O)CCCCCCCCCCCCCCC(C)C. The van der Waals surface area contributed by atoms with Crippen LogP contribution in [0.1, 0.15) is 337 Å². The minimum atomic E-state index is -0.764. The van der Waals surface area contributed by atoms with E-state index >= 15 is 0 Å². The van der Waals surface area contributed by atoms with E-state index in [0.717, 1.165) is 75.5 Å². The summed E-state index contributed by atoms with van der Waals surface area (Å²) in [6, 6.07) is 0. The first-order valence-electron chi connectivity index (χ1n) is 30.2. The van der Waals surface area contributed by atoms with Crippen LogP contribution in [0.4, 0.5) is 0 Å². The van der Waals surface area contributed by atoms with E-state index in [9.17, 15) is 14.4 Å². The van der Waals surface area contributed by atoms with Crippen molar-refractivity contribution in [3.05, 3.63) is 0 Å². The third-order valence-corrected chi connectivity index (χ3v) is 14.6. The molecule has 6 nitrogen and oxygen atoms in total. The summed E-state index contributed by atoms with van der Waals surface area (Å²) in [5.74, 6) is 1.75. The summed E-state index contributed by atoms with van der Waals surface area (Å²) in [6.45, 7) is 13.8. The molecule has 0 saturated heterocycles. The first-order valence-corrected chi connectivity index (χ1v) is 30.2. The molecule has 0 aliphatic carbocycles. The van der Waals surface area contributed by atoms with Crippen molar-refractivity contribution in [3.8, 4) is 0 Å². The highest BCUT2D eigenvalue weighted by atomic mass is 16.6. The molecule has 0 amide bonds. The largest absolute Gasteiger partial charge is 0.462 e. The van der Waals surface area contributed by atoms with Gasteiger partial charge in [-0.15, -0.1) is 0 Å². The van der Waals surface area contributed by atoms with Crippen LogP contribution in [0.15, 0.2) is 0 Å². The van der Waals surface area contributed by atoms with Crippen molar-refractivity contribution in [1.29, 1.82) is 0 Å². The average molecular weight is 948 g/mol. The fourth-order valence-corrected chi connectivity index (χ4v) is 9.29. The summed E-state index contributed by atoms with van der Waals surface area (Å²) >= 11 is 0. The molecule has 0 aromatic carbocycles. The van der Waals surface area contributed by atoms with Gasteiger partial charge in [-0.3, -0.25) is 14.4 Å². The highest BCUT2D eigenvalue weighted by molar-refractivity contribution is 5.71. The lowest BCUT2D eigenvalue weighted by Crippen LogP contribution is -2.30. The molecule has 0 N–H and O–H groups in total. The van der Waals surface area contributed by atoms with Crippen LogP contribution in [0.3, 0.4) is 0 Å². The van der Waals surface area contributed by atoms with Gasteiger partial charge in [0, 0.05) is 19.3 Å². The standard InChI is InChI=1S/C61H118O6/c1-7-56(5)48-42-36-30-24-20-15-13-11-9-10-12-14-16-21-25-32-38-44-50-59(62)65-53-58(54-66-60(63)51-45-39-33-28-27-31-37-43-49-57(6)8-2)67-61(64)52-46-40-34-26-22-18-17-19-23-29-35-41-47-55(3)4/h55-58H,7-54H2,1-6H3/t56?,57?,58-/m1/s1. The van der Waals surface area contributed by atoms with Crippen LogP contribution in [-0.2, 0) is 28.6 Å². The van der Waals surface area contributed by atoms with E-state index in [0.29, 0.717) is 19.3 Å². The van der Waals surface area contributed by atoms with Gasteiger partial charge in [-0.1, -0.05) is 298 Å². The summed E-state index contributed by atoms with van der Waals surface area (Å²) in [5.41, 5.74) is 0. The fraction of sp³-hybridized carbons (Fsp3) is 0.951. The van der Waals surface area contributed by atoms with Crippen LogP contribution in [-0.4, -0.2) is 37.2 Å². The van der Waals surface area contributed by atoms with E-state index in [1.54, 1.807) is 0 Å². The molecule has 0 heterocycles. The van der Waals surface area contributed by atoms with Crippen molar-refractivity contribution in [2.45, 2.75) is 343 Å². The Morgan fingerprint density at radius 2 is 0.522 bits per heavy atom. The number of esters is 3. The topological polar surface area (TPSA) is 78.9 Å². The Morgan fingerprint density at radius 1 is 0.299 bits per heavy atom. The van der Waals surface area contributed by atoms with Gasteiger partial charge < -0.3 is 14.2 Å². The zero-order valence-corrected chi connectivity index (χ0v) is 46.2. The van der Waals surface area contributed by atoms with Crippen LogP contribution >= 0.6 is 0 Å². The Hall–Kier alpha value is -1.59. The quantitative estimate of drug-likeness (QED) is 0.0343. The molecule has 0 bridgehead atoms. The van der Waals surface area contributed by atoms with Crippen LogP contribution < -0.4 is 0 Å². The monoisotopic (exact) mass is 947 g/mol. The van der Waals surface area contributed by atoms with Gasteiger partial charge in [-0.05, 0) is 37.0 Å². The van der Waals surface area contributed by atoms with Gasteiger partial charge in [0.2, 0.25) is 0 Å². The normalized spacial score (nSPS) is 12.9. The predicted octanol–water partition coefficient (Wildman–Crippen LogP) is 19.9. The molecule has 0 aromatic rings. The van der Waals surface area contributed by atoms with Gasteiger partial charge >= 0.3 is 17.9 Å². The minimum absolute atomic E-state index is 0.0636. The molecule has 67 heavy (non-hydrogen) atoms. The number of hydrogen-bond donors (Lipinski definition) is 0. The molecule has 0 aliphatic heterocycles. The van der Waals surface area contributed by atoms with Crippen molar-refractivity contribution in [3.63, 3.8) is 0 Å². The third kappa shape index (κ3) is 52.1. The maximum atomic E-state index is 12.9. The molecular formula is C61H118O6. The molecule has 0 rings (SSSR count). The second kappa shape index (κ2) is 52.2. The van der Waals surface area contributed by atoms with E-state index in [4.69, 9.17) is 14.2 Å². The summed E-state index contributed by atoms with van der Waals surface area (Å²) in [4.78, 5) is 38.2. The molecule has 0 aliphatic rings. The summed E-state index contributed by atoms with van der Waals surface area (Å²) in [7, 11) is 0. The van der Waals surface area contributed by atoms with Gasteiger partial charge in [-0.25, -0.2) is 0 Å². The molecule has 0 fully saturated rings. The summed E-state index contributed by atoms with van der Waals surface area (Å²) in [5, 5.41) is 0. The van der Waals surface area contributed by atoms with Crippen LogP contribution in [0, 0.1) is 17.8 Å². The number of unbranched alkanes of at least 4 members (excludes halogenated alkanes) is 35. The molecule has 398 valence electrons. The molecule has 0 spiro atoms. The van der Waals surface area contributed by atoms with Crippen molar-refractivity contribution < 1.29 is 28.6 Å². The smallest absolute Gasteiger partial charge is 0.306 e. The maximum Gasteiger partial charge on any atom is 0.306 e. The van der Waals surface area contributed by atoms with Crippen LogP contribution in [0.5, 0.6) is 0 Å². The van der Waals surface area contributed by atoms with Gasteiger partial charge in [-0.2, -0.15) is 0 Å². The molecule has 3 atom stereocenters. The number of carbonyl (C=O) groups excluding carboxylic acids is 3. The van der Waals surface area contributed by atoms with E-state index in [1.807, 2.05) is 0 Å². The number of hydrogen-bond acceptors (Lipinski definition) is 6. The van der Waals surface area contributed by atoms with E-state index in [1.165, 1.54) is 218 Å². The van der Waals surface area contributed by atoms with Crippen molar-refractivity contribution >= 4 is 17.9 Å². The Balaban J connectivity index is 4.24. The molecule has 0 saturated carbocycles. The van der Waals surface area contributed by atoms with Crippen molar-refractivity contribution in [2.24, 2.45) is 17.8 Å². The number of carbonyl (C=O) groups is 3. The second-order valence-electron chi connectivity index (χ2n) is 21.9. The Bertz CT molecular complexity index is 1040. The number of rotatable bonds is 54. The molecule has 0 aromatic heterocycles. The van der Waals surface area contributed by atoms with E-state index in [2.05, 4.69) is 41.5 Å². The first-order chi connectivity index (χ1) is 32.7. The van der Waals surface area contributed by atoms with E-state index < -0.39 is 6.10 Å². The predicted molar refractivity (Wildman–Crippen MR) is 289 cm³/mol. The highest BCUT2D eigenvalue weighted by Crippen LogP contribution is 2.19. The molecule has 0 radical (unpaired) electrons. The average Bonchev–Trinajstić information content (AvgIpc) is 3.31. The summed E-state index contributed by atoms with van der Waals surface area (Å²) in [6.07, 6.45) is 55.2. The third-order valence-electron chi connectivity index (χ3n) is 14.6. The molecule has 6 heteroatoms. The van der Waals surface area contributed by atoms with Gasteiger partial charge in [0.05, 0.1) is 0 Å². The van der Waals surface area contributed by atoms with Crippen LogP contribution in [0.2, 0.25) is 0 Å². The lowest BCUT2D eigenvalue weighted by molar-refractivity contribution is -0.167. The van der Waals surface area contributed by atoms with Gasteiger partial charge in [0.15, 0.2) is 6.10 Å². The Morgan fingerprint density at radius 3 is 0.776 bits per heavy atom. The zero-order chi connectivity index (χ0) is 49.1.